The van der Waals surface area contributed by atoms with Crippen LogP contribution in [0.3, 0.4) is 0 Å². The smallest absolute Gasteiger partial charge is 0.341 e. The van der Waals surface area contributed by atoms with Crippen LogP contribution in [0.5, 0.6) is 0 Å². The Bertz CT molecular complexity index is 549. The lowest BCUT2D eigenvalue weighted by Crippen LogP contribution is -2.16. The molecule has 0 aliphatic rings. The normalized spacial score (nSPS) is 11.6. The molecule has 7 heteroatoms. The molecule has 0 saturated carbocycles. The lowest BCUT2D eigenvalue weighted by atomic mass is 10.3. The van der Waals surface area contributed by atoms with Gasteiger partial charge in [-0.3, -0.25) is 4.68 Å². The fourth-order valence-corrected chi connectivity index (χ4v) is 3.41. The van der Waals surface area contributed by atoms with E-state index in [1.807, 2.05) is 6.92 Å². The maximum Gasteiger partial charge on any atom is 0.341 e. The highest BCUT2D eigenvalue weighted by Gasteiger charge is 2.22. The quantitative estimate of drug-likeness (QED) is 0.539. The molecule has 0 bridgehead atoms. The van der Waals surface area contributed by atoms with Crippen molar-refractivity contribution in [1.29, 1.82) is 0 Å². The third-order valence-corrected chi connectivity index (χ3v) is 4.60. The number of esters is 1. The minimum absolute atomic E-state index is 0.133. The van der Waals surface area contributed by atoms with Crippen LogP contribution in [-0.4, -0.2) is 36.5 Å². The molecule has 0 saturated heterocycles. The van der Waals surface area contributed by atoms with E-state index in [1.54, 1.807) is 14.0 Å². The first-order valence-electron chi connectivity index (χ1n) is 6.79. The topological polar surface area (TPSA) is 78.3 Å². The van der Waals surface area contributed by atoms with Crippen LogP contribution in [0.4, 0.5) is 0 Å². The first kappa shape index (κ1) is 16.7. The van der Waals surface area contributed by atoms with Gasteiger partial charge in [-0.25, -0.2) is 13.2 Å². The molecule has 1 aromatic heterocycles. The number of rotatable bonds is 8. The number of carbonyl (C=O) groups excluding carboxylic acids is 1. The van der Waals surface area contributed by atoms with Crippen molar-refractivity contribution in [3.8, 4) is 0 Å². The monoisotopic (exact) mass is 302 g/mol. The van der Waals surface area contributed by atoms with E-state index in [0.29, 0.717) is 12.1 Å². The average Bonchev–Trinajstić information content (AvgIpc) is 2.71. The van der Waals surface area contributed by atoms with E-state index in [4.69, 9.17) is 4.74 Å². The number of sulfone groups is 1. The zero-order chi connectivity index (χ0) is 15.2. The molecule has 0 radical (unpaired) electrons. The summed E-state index contributed by atoms with van der Waals surface area (Å²) in [6.07, 6.45) is 3.85. The number of hydrogen-bond acceptors (Lipinski definition) is 5. The molecule has 0 spiro atoms. The summed E-state index contributed by atoms with van der Waals surface area (Å²) in [7, 11) is -1.61. The summed E-state index contributed by atoms with van der Waals surface area (Å²) in [5.41, 5.74) is 0.619. The van der Waals surface area contributed by atoms with E-state index in [2.05, 4.69) is 5.10 Å². The van der Waals surface area contributed by atoms with Crippen LogP contribution >= 0.6 is 0 Å². The Hall–Kier alpha value is -1.37. The zero-order valence-corrected chi connectivity index (χ0v) is 13.1. The van der Waals surface area contributed by atoms with Crippen LogP contribution < -0.4 is 0 Å². The van der Waals surface area contributed by atoms with Gasteiger partial charge in [-0.2, -0.15) is 5.10 Å². The maximum absolute atomic E-state index is 12.1. The van der Waals surface area contributed by atoms with Crippen molar-refractivity contribution in [2.45, 2.75) is 38.9 Å². The predicted octanol–water partition coefficient (Wildman–Crippen LogP) is 1.70. The van der Waals surface area contributed by atoms with E-state index >= 15 is 0 Å². The number of carbonyl (C=O) groups is 1. The van der Waals surface area contributed by atoms with E-state index in [9.17, 15) is 13.2 Å². The Balaban J connectivity index is 2.86. The molecule has 0 aliphatic carbocycles. The van der Waals surface area contributed by atoms with Gasteiger partial charge in [-0.15, -0.1) is 0 Å². The first-order chi connectivity index (χ1) is 9.41. The highest BCUT2D eigenvalue weighted by Crippen LogP contribution is 2.14. The lowest BCUT2D eigenvalue weighted by Gasteiger charge is -2.07. The Labute approximate surface area is 120 Å². The van der Waals surface area contributed by atoms with Crippen molar-refractivity contribution in [3.63, 3.8) is 0 Å². The highest BCUT2D eigenvalue weighted by atomic mass is 32.2. The van der Waals surface area contributed by atoms with Gasteiger partial charge in [0.15, 0.2) is 9.84 Å². The molecule has 1 rings (SSSR count). The summed E-state index contributed by atoms with van der Waals surface area (Å²) in [4.78, 5) is 11.8. The molecule has 6 nitrogen and oxygen atoms in total. The summed E-state index contributed by atoms with van der Waals surface area (Å²) in [5.74, 6) is -0.574. The van der Waals surface area contributed by atoms with Crippen LogP contribution in [0.25, 0.3) is 0 Å². The standard InChI is InChI=1S/C13H22N2O4S/c1-4-6-7-8-20(17,18)10-12-11(9-14-15(12)3)13(16)19-5-2/h9H,4-8,10H2,1-3H3. The van der Waals surface area contributed by atoms with Crippen molar-refractivity contribution in [1.82, 2.24) is 9.78 Å². The molecule has 0 aliphatic heterocycles. The number of aryl methyl sites for hydroxylation is 1. The first-order valence-corrected chi connectivity index (χ1v) is 8.61. The summed E-state index contributed by atoms with van der Waals surface area (Å²) >= 11 is 0. The molecule has 0 unspecified atom stereocenters. The minimum atomic E-state index is -3.24. The van der Waals surface area contributed by atoms with Crippen molar-refractivity contribution in [2.24, 2.45) is 7.05 Å². The molecule has 1 heterocycles. The Morgan fingerprint density at radius 1 is 1.35 bits per heavy atom. The second-order valence-corrected chi connectivity index (χ2v) is 6.83. The van der Waals surface area contributed by atoms with Gasteiger partial charge in [0.1, 0.15) is 5.56 Å². The van der Waals surface area contributed by atoms with Crippen LogP contribution in [-0.2, 0) is 27.4 Å². The molecule has 0 N–H and O–H groups in total. The van der Waals surface area contributed by atoms with Crippen molar-refractivity contribution in [3.05, 3.63) is 17.5 Å². The van der Waals surface area contributed by atoms with E-state index in [-0.39, 0.29) is 23.7 Å². The second kappa shape index (κ2) is 7.42. The minimum Gasteiger partial charge on any atom is -0.462 e. The van der Waals surface area contributed by atoms with Gasteiger partial charge in [0.05, 0.1) is 30.0 Å². The van der Waals surface area contributed by atoms with Gasteiger partial charge in [0, 0.05) is 7.05 Å². The molecular formula is C13H22N2O4S. The number of ether oxygens (including phenoxy) is 1. The third kappa shape index (κ3) is 4.63. The average molecular weight is 302 g/mol. The van der Waals surface area contributed by atoms with Gasteiger partial charge in [0.25, 0.3) is 0 Å². The second-order valence-electron chi connectivity index (χ2n) is 4.65. The van der Waals surface area contributed by atoms with Gasteiger partial charge < -0.3 is 4.74 Å². The van der Waals surface area contributed by atoms with Gasteiger partial charge in [-0.1, -0.05) is 19.8 Å². The molecule has 0 atom stereocenters. The maximum atomic E-state index is 12.1. The molecular weight excluding hydrogens is 280 g/mol. The van der Waals surface area contributed by atoms with Gasteiger partial charge in [-0.05, 0) is 13.3 Å². The fraction of sp³-hybridized carbons (Fsp3) is 0.692. The third-order valence-electron chi connectivity index (χ3n) is 2.97. The van der Waals surface area contributed by atoms with Crippen LogP contribution in [0.2, 0.25) is 0 Å². The van der Waals surface area contributed by atoms with Crippen LogP contribution in [0.15, 0.2) is 6.20 Å². The van der Waals surface area contributed by atoms with E-state index < -0.39 is 15.8 Å². The predicted molar refractivity (Wildman–Crippen MR) is 76.2 cm³/mol. The largest absolute Gasteiger partial charge is 0.462 e. The number of hydrogen-bond donors (Lipinski definition) is 0. The summed E-state index contributed by atoms with van der Waals surface area (Å²) < 4.78 is 30.5. The summed E-state index contributed by atoms with van der Waals surface area (Å²) in [5, 5.41) is 3.95. The van der Waals surface area contributed by atoms with Crippen molar-refractivity contribution in [2.75, 3.05) is 12.4 Å². The number of unbranched alkanes of at least 4 members (excludes halogenated alkanes) is 2. The molecule has 0 aromatic carbocycles. The fourth-order valence-electron chi connectivity index (χ4n) is 1.87. The lowest BCUT2D eigenvalue weighted by molar-refractivity contribution is 0.0525. The summed E-state index contributed by atoms with van der Waals surface area (Å²) in [6, 6.07) is 0. The zero-order valence-electron chi connectivity index (χ0n) is 12.3. The summed E-state index contributed by atoms with van der Waals surface area (Å²) in [6.45, 7) is 3.97. The Morgan fingerprint density at radius 3 is 2.65 bits per heavy atom. The van der Waals surface area contributed by atoms with Crippen LogP contribution in [0, 0.1) is 0 Å². The van der Waals surface area contributed by atoms with E-state index in [0.717, 1.165) is 12.8 Å². The molecule has 0 amide bonds. The van der Waals surface area contributed by atoms with Crippen LogP contribution in [0.1, 0.15) is 49.2 Å². The molecule has 0 fully saturated rings. The molecule has 114 valence electrons. The molecule has 1 aromatic rings. The van der Waals surface area contributed by atoms with Crippen molar-refractivity contribution < 1.29 is 17.9 Å². The Morgan fingerprint density at radius 2 is 2.05 bits per heavy atom. The SMILES string of the molecule is CCCCCS(=O)(=O)Cc1c(C(=O)OCC)cnn1C. The number of aromatic nitrogens is 2. The number of nitrogens with zero attached hydrogens (tertiary/aromatic N) is 2. The highest BCUT2D eigenvalue weighted by molar-refractivity contribution is 7.90. The van der Waals surface area contributed by atoms with E-state index in [1.165, 1.54) is 10.9 Å². The molecule has 20 heavy (non-hydrogen) atoms. The van der Waals surface area contributed by atoms with Crippen molar-refractivity contribution >= 4 is 15.8 Å². The Kier molecular flexibility index (Phi) is 6.19. The van der Waals surface area contributed by atoms with Gasteiger partial charge >= 0.3 is 5.97 Å². The van der Waals surface area contributed by atoms with Gasteiger partial charge in [0.2, 0.25) is 0 Å².